The number of carbonyl (C=O) groups excluding carboxylic acids is 2. The molecule has 0 aromatic heterocycles. The Morgan fingerprint density at radius 2 is 1.86 bits per heavy atom. The lowest BCUT2D eigenvalue weighted by Gasteiger charge is -2.11. The van der Waals surface area contributed by atoms with E-state index in [2.05, 4.69) is 10.6 Å². The fourth-order valence-electron chi connectivity index (χ4n) is 2.44. The van der Waals surface area contributed by atoms with Crippen LogP contribution in [0, 0.1) is 5.92 Å². The van der Waals surface area contributed by atoms with Crippen LogP contribution < -0.4 is 22.1 Å². The minimum atomic E-state index is -0.594. The van der Waals surface area contributed by atoms with Gasteiger partial charge in [-0.2, -0.15) is 0 Å². The van der Waals surface area contributed by atoms with Gasteiger partial charge in [0.2, 0.25) is 5.91 Å². The molecule has 6 nitrogen and oxygen atoms in total. The van der Waals surface area contributed by atoms with Crippen LogP contribution in [-0.2, 0) is 11.3 Å². The van der Waals surface area contributed by atoms with E-state index in [1.165, 1.54) is 0 Å². The summed E-state index contributed by atoms with van der Waals surface area (Å²) >= 11 is 0. The molecule has 0 spiro atoms. The molecule has 1 aliphatic carbocycles. The number of amides is 3. The van der Waals surface area contributed by atoms with Crippen LogP contribution in [0.3, 0.4) is 0 Å². The number of nitrogens with one attached hydrogen (secondary N) is 2. The Labute approximate surface area is 130 Å². The van der Waals surface area contributed by atoms with E-state index in [0.717, 1.165) is 24.8 Å². The van der Waals surface area contributed by atoms with Gasteiger partial charge < -0.3 is 22.1 Å². The zero-order valence-corrected chi connectivity index (χ0v) is 12.5. The summed E-state index contributed by atoms with van der Waals surface area (Å²) in [5, 5.41) is 5.40. The average molecular weight is 313 g/mol. The van der Waals surface area contributed by atoms with Crippen LogP contribution in [0.1, 0.15) is 24.8 Å². The highest BCUT2D eigenvalue weighted by Crippen LogP contribution is 2.24. The van der Waals surface area contributed by atoms with Gasteiger partial charge in [-0.25, -0.2) is 4.79 Å². The molecule has 0 saturated heterocycles. The molecule has 7 heteroatoms. The number of anilines is 1. The molecule has 21 heavy (non-hydrogen) atoms. The van der Waals surface area contributed by atoms with Crippen LogP contribution in [-0.4, -0.2) is 18.0 Å². The predicted molar refractivity (Wildman–Crippen MR) is 84.1 cm³/mol. The van der Waals surface area contributed by atoms with E-state index in [0.29, 0.717) is 12.2 Å². The summed E-state index contributed by atoms with van der Waals surface area (Å²) in [6.07, 6.45) is 2.56. The first kappa shape index (κ1) is 17.3. The maximum atomic E-state index is 11.9. The lowest BCUT2D eigenvalue weighted by molar-refractivity contribution is -0.125. The molecule has 0 bridgehead atoms. The number of rotatable bonds is 4. The van der Waals surface area contributed by atoms with Gasteiger partial charge in [-0.05, 0) is 37.0 Å². The van der Waals surface area contributed by atoms with Crippen molar-refractivity contribution in [3.63, 3.8) is 0 Å². The van der Waals surface area contributed by atoms with E-state index in [4.69, 9.17) is 11.5 Å². The molecule has 2 unspecified atom stereocenters. The Morgan fingerprint density at radius 1 is 1.19 bits per heavy atom. The average Bonchev–Trinajstić information content (AvgIpc) is 2.84. The molecule has 0 aliphatic heterocycles. The molecule has 116 valence electrons. The van der Waals surface area contributed by atoms with E-state index in [1.807, 2.05) is 12.1 Å². The minimum absolute atomic E-state index is 0. The first-order chi connectivity index (χ1) is 9.54. The molecular formula is C14H21ClN4O2. The van der Waals surface area contributed by atoms with Crippen LogP contribution >= 0.6 is 12.4 Å². The fraction of sp³-hybridized carbons (Fsp3) is 0.429. The van der Waals surface area contributed by atoms with Crippen LogP contribution in [0.4, 0.5) is 10.5 Å². The largest absolute Gasteiger partial charge is 0.352 e. The highest BCUT2D eigenvalue weighted by Gasteiger charge is 2.27. The zero-order chi connectivity index (χ0) is 14.5. The van der Waals surface area contributed by atoms with Gasteiger partial charge in [0.05, 0.1) is 0 Å². The number of urea groups is 1. The molecule has 2 rings (SSSR count). The van der Waals surface area contributed by atoms with Crippen LogP contribution in [0.25, 0.3) is 0 Å². The lowest BCUT2D eigenvalue weighted by Crippen LogP contribution is -2.30. The van der Waals surface area contributed by atoms with Crippen molar-refractivity contribution in [1.82, 2.24) is 5.32 Å². The topological polar surface area (TPSA) is 110 Å². The summed E-state index contributed by atoms with van der Waals surface area (Å²) in [5.74, 6) is 0.109. The smallest absolute Gasteiger partial charge is 0.316 e. The second-order valence-electron chi connectivity index (χ2n) is 5.17. The van der Waals surface area contributed by atoms with Gasteiger partial charge in [0, 0.05) is 24.2 Å². The van der Waals surface area contributed by atoms with Crippen molar-refractivity contribution in [2.24, 2.45) is 17.4 Å². The van der Waals surface area contributed by atoms with E-state index in [1.54, 1.807) is 12.1 Å². The van der Waals surface area contributed by atoms with Crippen molar-refractivity contribution in [2.45, 2.75) is 31.8 Å². The Bertz CT molecular complexity index is 492. The van der Waals surface area contributed by atoms with Gasteiger partial charge in [0.25, 0.3) is 0 Å². The first-order valence-electron chi connectivity index (χ1n) is 6.73. The first-order valence-corrected chi connectivity index (χ1v) is 6.73. The van der Waals surface area contributed by atoms with E-state index in [-0.39, 0.29) is 30.3 Å². The summed E-state index contributed by atoms with van der Waals surface area (Å²) in [6, 6.07) is 6.74. The molecule has 0 heterocycles. The summed E-state index contributed by atoms with van der Waals surface area (Å²) in [4.78, 5) is 22.6. The van der Waals surface area contributed by atoms with Gasteiger partial charge >= 0.3 is 6.03 Å². The quantitative estimate of drug-likeness (QED) is 0.673. The Kier molecular flexibility index (Phi) is 6.45. The maximum absolute atomic E-state index is 11.9. The Hall–Kier alpha value is -1.79. The molecular weight excluding hydrogens is 292 g/mol. The molecule has 0 radical (unpaired) electrons. The Balaban J connectivity index is 0.00000220. The number of hydrogen-bond acceptors (Lipinski definition) is 3. The molecule has 1 aliphatic rings. The lowest BCUT2D eigenvalue weighted by atomic mass is 10.1. The highest BCUT2D eigenvalue weighted by molar-refractivity contribution is 5.87. The summed E-state index contributed by atoms with van der Waals surface area (Å²) in [5.41, 5.74) is 12.4. The van der Waals surface area contributed by atoms with E-state index >= 15 is 0 Å². The summed E-state index contributed by atoms with van der Waals surface area (Å²) < 4.78 is 0. The van der Waals surface area contributed by atoms with Crippen LogP contribution in [0.5, 0.6) is 0 Å². The van der Waals surface area contributed by atoms with Crippen LogP contribution in [0.2, 0.25) is 0 Å². The number of nitrogens with two attached hydrogens (primary N) is 2. The zero-order valence-electron chi connectivity index (χ0n) is 11.7. The minimum Gasteiger partial charge on any atom is -0.352 e. The third kappa shape index (κ3) is 5.24. The second-order valence-corrected chi connectivity index (χ2v) is 5.17. The molecule has 1 saturated carbocycles. The number of benzene rings is 1. The van der Waals surface area contributed by atoms with Crippen molar-refractivity contribution in [1.29, 1.82) is 0 Å². The van der Waals surface area contributed by atoms with E-state index < -0.39 is 6.03 Å². The van der Waals surface area contributed by atoms with E-state index in [9.17, 15) is 9.59 Å². The maximum Gasteiger partial charge on any atom is 0.316 e. The standard InChI is InChI=1S/C14H20N4O2.ClH/c15-11-4-3-10(7-11)13(19)17-8-9-1-5-12(6-2-9)18-14(16)20;/h1-2,5-6,10-11H,3-4,7-8,15H2,(H,17,19)(H3,16,18,20);1H. The van der Waals surface area contributed by atoms with Crippen molar-refractivity contribution in [2.75, 3.05) is 5.32 Å². The predicted octanol–water partition coefficient (Wildman–Crippen LogP) is 1.34. The number of primary amides is 1. The van der Waals surface area contributed by atoms with Crippen molar-refractivity contribution in [3.05, 3.63) is 29.8 Å². The van der Waals surface area contributed by atoms with Crippen molar-refractivity contribution in [3.8, 4) is 0 Å². The normalized spacial score (nSPS) is 20.4. The molecule has 2 atom stereocenters. The Morgan fingerprint density at radius 3 is 2.38 bits per heavy atom. The van der Waals surface area contributed by atoms with Gasteiger partial charge in [-0.15, -0.1) is 12.4 Å². The van der Waals surface area contributed by atoms with Crippen molar-refractivity contribution < 1.29 is 9.59 Å². The van der Waals surface area contributed by atoms with Crippen LogP contribution in [0.15, 0.2) is 24.3 Å². The van der Waals surface area contributed by atoms with Crippen molar-refractivity contribution >= 4 is 30.0 Å². The summed E-state index contributed by atoms with van der Waals surface area (Å²) in [7, 11) is 0. The third-order valence-corrected chi connectivity index (χ3v) is 3.53. The third-order valence-electron chi connectivity index (χ3n) is 3.53. The monoisotopic (exact) mass is 312 g/mol. The van der Waals surface area contributed by atoms with Gasteiger partial charge in [0.15, 0.2) is 0 Å². The van der Waals surface area contributed by atoms with Gasteiger partial charge in [-0.3, -0.25) is 4.79 Å². The summed E-state index contributed by atoms with van der Waals surface area (Å²) in [6.45, 7) is 0.474. The van der Waals surface area contributed by atoms with Gasteiger partial charge in [-0.1, -0.05) is 12.1 Å². The molecule has 1 fully saturated rings. The molecule has 3 amide bonds. The second kappa shape index (κ2) is 7.85. The number of carbonyl (C=O) groups is 2. The molecule has 6 N–H and O–H groups in total. The molecule has 1 aromatic rings. The number of hydrogen-bond donors (Lipinski definition) is 4. The number of halogens is 1. The van der Waals surface area contributed by atoms with Gasteiger partial charge in [0.1, 0.15) is 0 Å². The fourth-order valence-corrected chi connectivity index (χ4v) is 2.44. The SMILES string of the molecule is Cl.NC(=O)Nc1ccc(CNC(=O)C2CCC(N)C2)cc1. The molecule has 1 aromatic carbocycles. The highest BCUT2D eigenvalue weighted by atomic mass is 35.5.